The highest BCUT2D eigenvalue weighted by Crippen LogP contribution is 2.63. The molecule has 4 aliphatic rings. The average Bonchev–Trinajstić information content (AvgIpc) is 3.10. The maximum Gasteiger partial charge on any atom is 0.115 e. The molecule has 1 aliphatic heterocycles. The lowest BCUT2D eigenvalue weighted by atomic mass is 9.52. The molecule has 3 aliphatic carbocycles. The van der Waals surface area contributed by atoms with Crippen molar-refractivity contribution in [2.24, 2.45) is 23.2 Å². The van der Waals surface area contributed by atoms with Crippen molar-refractivity contribution in [1.82, 2.24) is 4.90 Å². The van der Waals surface area contributed by atoms with E-state index in [1.165, 1.54) is 69.2 Å². The first-order valence-corrected chi connectivity index (χ1v) is 12.9. The molecule has 3 fully saturated rings. The van der Waals surface area contributed by atoms with E-state index in [1.54, 1.807) is 5.57 Å². The summed E-state index contributed by atoms with van der Waals surface area (Å²) in [4.78, 5) is 2.56. The van der Waals surface area contributed by atoms with Gasteiger partial charge in [-0.2, -0.15) is 0 Å². The number of phenolic OH excluding ortho intramolecular Hbond substituents is 1. The Morgan fingerprint density at radius 2 is 2.03 bits per heavy atom. The summed E-state index contributed by atoms with van der Waals surface area (Å²) in [6, 6.07) is 6.15. The van der Waals surface area contributed by atoms with E-state index in [2.05, 4.69) is 30.9 Å². The van der Waals surface area contributed by atoms with Crippen molar-refractivity contribution in [1.29, 1.82) is 0 Å². The van der Waals surface area contributed by atoms with E-state index in [-0.39, 0.29) is 0 Å². The molecule has 0 radical (unpaired) electrons. The van der Waals surface area contributed by atoms with Crippen molar-refractivity contribution in [3.05, 3.63) is 41.0 Å². The normalized spacial score (nSPS) is 36.8. The quantitative estimate of drug-likeness (QED) is 0.471. The summed E-state index contributed by atoms with van der Waals surface area (Å²) in [5, 5.41) is 9.97. The minimum atomic E-state index is 0.361. The van der Waals surface area contributed by atoms with Crippen molar-refractivity contribution < 1.29 is 9.84 Å². The maximum absolute atomic E-state index is 9.97. The van der Waals surface area contributed by atoms with Crippen LogP contribution in [0.25, 0.3) is 0 Å². The molecular weight excluding hydrogens is 382 g/mol. The molecular formula is C28H41NO2. The van der Waals surface area contributed by atoms with Crippen LogP contribution in [0.4, 0.5) is 0 Å². The zero-order valence-corrected chi connectivity index (χ0v) is 19.6. The molecule has 3 heteroatoms. The molecule has 1 heterocycles. The van der Waals surface area contributed by atoms with E-state index in [1.807, 2.05) is 12.1 Å². The van der Waals surface area contributed by atoms with Gasteiger partial charge in [0.1, 0.15) is 5.75 Å². The largest absolute Gasteiger partial charge is 0.508 e. The lowest BCUT2D eigenvalue weighted by Gasteiger charge is -2.52. The number of hydrogen-bond acceptors (Lipinski definition) is 3. The highest BCUT2D eigenvalue weighted by molar-refractivity contribution is 5.41. The van der Waals surface area contributed by atoms with Gasteiger partial charge in [-0.25, -0.2) is 0 Å². The highest BCUT2D eigenvalue weighted by atomic mass is 16.5. The highest BCUT2D eigenvalue weighted by Gasteiger charge is 2.54. The lowest BCUT2D eigenvalue weighted by molar-refractivity contribution is 0.0483. The van der Waals surface area contributed by atoms with Gasteiger partial charge in [0.25, 0.3) is 0 Å². The fourth-order valence-electron chi connectivity index (χ4n) is 7.77. The second-order valence-corrected chi connectivity index (χ2v) is 11.1. The standard InChI is InChI=1S/C28H41NO2/c1-20-18-21-19-23(30)7-8-24(21)25-10-12-28(2)22(6-9-26(28)27(20)25)11-16-31-17-15-29-13-4-3-5-14-29/h7-8,11,19-20,25-27,30H,3-6,9-10,12-18H2,1-2H3/t20-,25-,26+,27-,28-/m1/s1. The Bertz CT molecular complexity index is 811. The molecule has 31 heavy (non-hydrogen) atoms. The van der Waals surface area contributed by atoms with Crippen LogP contribution in [0.5, 0.6) is 5.75 Å². The summed E-state index contributed by atoms with van der Waals surface area (Å²) >= 11 is 0. The van der Waals surface area contributed by atoms with Gasteiger partial charge in [0.15, 0.2) is 0 Å². The van der Waals surface area contributed by atoms with Crippen LogP contribution in [0.3, 0.4) is 0 Å². The maximum atomic E-state index is 9.97. The van der Waals surface area contributed by atoms with Gasteiger partial charge in [0, 0.05) is 6.54 Å². The fraction of sp³-hybridized carbons (Fsp3) is 0.714. The van der Waals surface area contributed by atoms with E-state index in [9.17, 15) is 5.11 Å². The van der Waals surface area contributed by atoms with Gasteiger partial charge < -0.3 is 14.7 Å². The van der Waals surface area contributed by atoms with Crippen LogP contribution in [0, 0.1) is 23.2 Å². The third-order valence-corrected chi connectivity index (χ3v) is 9.35. The van der Waals surface area contributed by atoms with Crippen LogP contribution in [0.1, 0.15) is 75.8 Å². The molecule has 1 aromatic carbocycles. The van der Waals surface area contributed by atoms with Crippen LogP contribution in [0.2, 0.25) is 0 Å². The zero-order valence-electron chi connectivity index (χ0n) is 19.6. The van der Waals surface area contributed by atoms with Gasteiger partial charge in [0.2, 0.25) is 0 Å². The molecule has 1 aromatic rings. The van der Waals surface area contributed by atoms with Gasteiger partial charge in [-0.15, -0.1) is 0 Å². The number of rotatable bonds is 5. The first kappa shape index (κ1) is 21.5. The number of hydrogen-bond donors (Lipinski definition) is 1. The number of likely N-dealkylation sites (tertiary alicyclic amines) is 1. The van der Waals surface area contributed by atoms with Crippen LogP contribution >= 0.6 is 0 Å². The van der Waals surface area contributed by atoms with Crippen LogP contribution in [-0.4, -0.2) is 42.9 Å². The Balaban J connectivity index is 1.23. The first-order chi connectivity index (χ1) is 15.1. The van der Waals surface area contributed by atoms with E-state index >= 15 is 0 Å². The third-order valence-electron chi connectivity index (χ3n) is 9.35. The summed E-state index contributed by atoms with van der Waals surface area (Å²) in [6.07, 6.45) is 12.9. The van der Waals surface area contributed by atoms with Gasteiger partial charge in [-0.05, 0) is 110 Å². The predicted octanol–water partition coefficient (Wildman–Crippen LogP) is 5.92. The Hall–Kier alpha value is -1.32. The summed E-state index contributed by atoms with van der Waals surface area (Å²) in [5.41, 5.74) is 4.97. The van der Waals surface area contributed by atoms with Crippen LogP contribution in [-0.2, 0) is 11.2 Å². The number of fused-ring (bicyclic) bond motifs is 5. The molecule has 0 unspecified atom stereocenters. The summed E-state index contributed by atoms with van der Waals surface area (Å²) < 4.78 is 6.07. The molecule has 5 atom stereocenters. The molecule has 1 N–H and O–H groups in total. The van der Waals surface area contributed by atoms with Crippen molar-refractivity contribution in [2.75, 3.05) is 32.8 Å². The molecule has 2 saturated carbocycles. The Kier molecular flexibility index (Phi) is 6.18. The number of benzene rings is 1. The fourth-order valence-corrected chi connectivity index (χ4v) is 7.77. The van der Waals surface area contributed by atoms with Gasteiger partial charge in [-0.1, -0.05) is 38.0 Å². The van der Waals surface area contributed by atoms with Crippen molar-refractivity contribution in [2.45, 2.75) is 71.1 Å². The molecule has 0 aromatic heterocycles. The molecule has 5 rings (SSSR count). The van der Waals surface area contributed by atoms with E-state index in [0.29, 0.717) is 23.0 Å². The number of ether oxygens (including phenoxy) is 1. The van der Waals surface area contributed by atoms with Crippen molar-refractivity contribution in [3.8, 4) is 5.75 Å². The Morgan fingerprint density at radius 3 is 2.87 bits per heavy atom. The Labute approximate surface area is 188 Å². The number of nitrogens with zero attached hydrogens (tertiary/aromatic N) is 1. The first-order valence-electron chi connectivity index (χ1n) is 12.9. The van der Waals surface area contributed by atoms with Gasteiger partial charge in [0.05, 0.1) is 13.2 Å². The predicted molar refractivity (Wildman–Crippen MR) is 126 cm³/mol. The van der Waals surface area contributed by atoms with Gasteiger partial charge in [-0.3, -0.25) is 0 Å². The topological polar surface area (TPSA) is 32.7 Å². The number of phenols is 1. The number of aromatic hydroxyl groups is 1. The average molecular weight is 424 g/mol. The van der Waals surface area contributed by atoms with Crippen LogP contribution < -0.4 is 0 Å². The van der Waals surface area contributed by atoms with Crippen LogP contribution in [0.15, 0.2) is 29.8 Å². The molecule has 3 nitrogen and oxygen atoms in total. The molecule has 0 spiro atoms. The van der Waals surface area contributed by atoms with Crippen molar-refractivity contribution >= 4 is 0 Å². The molecule has 170 valence electrons. The van der Waals surface area contributed by atoms with Crippen molar-refractivity contribution in [3.63, 3.8) is 0 Å². The number of piperidine rings is 1. The smallest absolute Gasteiger partial charge is 0.115 e. The van der Waals surface area contributed by atoms with E-state index < -0.39 is 0 Å². The monoisotopic (exact) mass is 423 g/mol. The summed E-state index contributed by atoms with van der Waals surface area (Å²) in [5.74, 6) is 3.38. The second kappa shape index (κ2) is 8.90. The minimum absolute atomic E-state index is 0.361. The molecule has 0 amide bonds. The van der Waals surface area contributed by atoms with Gasteiger partial charge >= 0.3 is 0 Å². The zero-order chi connectivity index (χ0) is 21.4. The Morgan fingerprint density at radius 1 is 1.19 bits per heavy atom. The summed E-state index contributed by atoms with van der Waals surface area (Å²) in [7, 11) is 0. The third kappa shape index (κ3) is 4.09. The van der Waals surface area contributed by atoms with E-state index in [4.69, 9.17) is 4.74 Å². The second-order valence-electron chi connectivity index (χ2n) is 11.1. The SMILES string of the molecule is C[C@@H]1Cc2cc(O)ccc2[C@H]2CC[C@]3(C)C(=CCOCCN4CCCCC4)CC[C@H]3[C@H]12. The molecule has 0 bridgehead atoms. The van der Waals surface area contributed by atoms with E-state index in [0.717, 1.165) is 38.0 Å². The minimum Gasteiger partial charge on any atom is -0.508 e. The number of allylic oxidation sites excluding steroid dienone is 1. The summed E-state index contributed by atoms with van der Waals surface area (Å²) in [6.45, 7) is 10.3. The lowest BCUT2D eigenvalue weighted by Crippen LogP contribution is -2.43. The molecule has 1 saturated heterocycles.